The van der Waals surface area contributed by atoms with Crippen molar-refractivity contribution >= 4 is 32.2 Å². The Morgan fingerprint density at radius 3 is 2.89 bits per heavy atom. The van der Waals surface area contributed by atoms with Crippen molar-refractivity contribution in [2.75, 3.05) is 11.1 Å². The molecule has 0 aromatic carbocycles. The number of rotatable bonds is 5. The van der Waals surface area contributed by atoms with Gasteiger partial charge in [-0.05, 0) is 18.6 Å². The van der Waals surface area contributed by atoms with E-state index in [1.807, 2.05) is 0 Å². The molecule has 0 aliphatic rings. The van der Waals surface area contributed by atoms with E-state index >= 15 is 0 Å². The Morgan fingerprint density at radius 1 is 1.47 bits per heavy atom. The zero-order chi connectivity index (χ0) is 13.9. The summed E-state index contributed by atoms with van der Waals surface area (Å²) in [7, 11) is -3.41. The first-order chi connectivity index (χ1) is 9.03. The number of amides is 1. The Balaban J connectivity index is 2.12. The lowest BCUT2D eigenvalue weighted by Gasteiger charge is -1.96. The summed E-state index contributed by atoms with van der Waals surface area (Å²) in [6, 6.07) is 3.07. The van der Waals surface area contributed by atoms with E-state index < -0.39 is 15.7 Å². The van der Waals surface area contributed by atoms with Gasteiger partial charge in [0.05, 0.1) is 12.0 Å². The fraction of sp³-hybridized carbons (Fsp3) is 0.300. The number of anilines is 1. The maximum Gasteiger partial charge on any atom is 0.293 e. The Kier molecular flexibility index (Phi) is 3.96. The van der Waals surface area contributed by atoms with Crippen molar-refractivity contribution in [2.45, 2.75) is 17.7 Å². The van der Waals surface area contributed by atoms with Gasteiger partial charge < -0.3 is 4.42 Å². The third-order valence-corrected chi connectivity index (χ3v) is 5.32. The summed E-state index contributed by atoms with van der Waals surface area (Å²) in [6.07, 6.45) is 1.86. The van der Waals surface area contributed by atoms with E-state index in [4.69, 9.17) is 4.42 Å². The number of furan rings is 1. The highest BCUT2D eigenvalue weighted by Gasteiger charge is 2.20. The fourth-order valence-electron chi connectivity index (χ4n) is 1.31. The van der Waals surface area contributed by atoms with Crippen LogP contribution in [0.15, 0.2) is 27.2 Å². The molecule has 2 rings (SSSR count). The number of carbonyl (C=O) groups is 1. The second-order valence-electron chi connectivity index (χ2n) is 3.62. The lowest BCUT2D eigenvalue weighted by Crippen LogP contribution is -2.10. The molecule has 0 saturated carbocycles. The van der Waals surface area contributed by atoms with Crippen LogP contribution in [-0.2, 0) is 9.84 Å². The number of aromatic nitrogens is 2. The van der Waals surface area contributed by atoms with Gasteiger partial charge >= 0.3 is 0 Å². The summed E-state index contributed by atoms with van der Waals surface area (Å²) in [5, 5.41) is 9.75. The predicted octanol–water partition coefficient (Wildman–Crippen LogP) is 1.57. The molecule has 7 nitrogen and oxygen atoms in total. The van der Waals surface area contributed by atoms with Gasteiger partial charge in [-0.2, -0.15) is 0 Å². The van der Waals surface area contributed by atoms with Crippen LogP contribution in [0, 0.1) is 0 Å². The molecule has 19 heavy (non-hydrogen) atoms. The normalized spacial score (nSPS) is 11.4. The molecule has 0 atom stereocenters. The minimum atomic E-state index is -3.41. The van der Waals surface area contributed by atoms with Crippen LogP contribution in [0.2, 0.25) is 0 Å². The zero-order valence-electron chi connectivity index (χ0n) is 9.99. The lowest BCUT2D eigenvalue weighted by atomic mass is 10.4. The van der Waals surface area contributed by atoms with Gasteiger partial charge in [0.15, 0.2) is 5.76 Å². The van der Waals surface area contributed by atoms with Crippen LogP contribution in [0.3, 0.4) is 0 Å². The molecule has 0 bridgehead atoms. The number of hydrogen-bond donors (Lipinski definition) is 1. The molecule has 102 valence electrons. The number of nitrogens with zero attached hydrogens (tertiary/aromatic N) is 2. The maximum atomic E-state index is 11.7. The van der Waals surface area contributed by atoms with Gasteiger partial charge in [0.1, 0.15) is 0 Å². The fourth-order valence-corrected chi connectivity index (χ4v) is 3.65. The predicted molar refractivity (Wildman–Crippen MR) is 68.9 cm³/mol. The van der Waals surface area contributed by atoms with Crippen LogP contribution >= 0.6 is 11.3 Å². The van der Waals surface area contributed by atoms with Gasteiger partial charge in [-0.25, -0.2) is 8.42 Å². The third-order valence-electron chi connectivity index (χ3n) is 2.11. The van der Waals surface area contributed by atoms with Crippen molar-refractivity contribution in [3.8, 4) is 0 Å². The topological polar surface area (TPSA) is 102 Å². The molecule has 9 heteroatoms. The molecule has 0 radical (unpaired) electrons. The van der Waals surface area contributed by atoms with E-state index in [0.29, 0.717) is 6.42 Å². The third kappa shape index (κ3) is 3.18. The standard InChI is InChI=1S/C10H11N3O4S2/c1-2-6-19(15,16)10-13-12-9(18-10)11-8(14)7-4-3-5-17-7/h3-5H,2,6H2,1H3,(H,11,12,14). The SMILES string of the molecule is CCCS(=O)(=O)c1nnc(NC(=O)c2ccco2)s1. The van der Waals surface area contributed by atoms with Gasteiger partial charge in [-0.1, -0.05) is 18.3 Å². The summed E-state index contributed by atoms with van der Waals surface area (Å²) in [5.74, 6) is -0.373. The first kappa shape index (κ1) is 13.7. The number of sulfone groups is 1. The highest BCUT2D eigenvalue weighted by atomic mass is 32.2. The molecular formula is C10H11N3O4S2. The molecule has 2 aromatic rings. The van der Waals surface area contributed by atoms with Crippen LogP contribution in [-0.4, -0.2) is 30.3 Å². The number of carbonyl (C=O) groups excluding carboxylic acids is 1. The van der Waals surface area contributed by atoms with Gasteiger partial charge in [-0.3, -0.25) is 10.1 Å². The highest BCUT2D eigenvalue weighted by Crippen LogP contribution is 2.21. The van der Waals surface area contributed by atoms with E-state index in [1.165, 1.54) is 12.3 Å². The van der Waals surface area contributed by atoms with Crippen molar-refractivity contribution in [1.29, 1.82) is 0 Å². The summed E-state index contributed by atoms with van der Waals surface area (Å²) in [4.78, 5) is 11.6. The van der Waals surface area contributed by atoms with Crippen LogP contribution in [0.5, 0.6) is 0 Å². The monoisotopic (exact) mass is 301 g/mol. The quantitative estimate of drug-likeness (QED) is 0.841. The van der Waals surface area contributed by atoms with E-state index in [1.54, 1.807) is 13.0 Å². The average molecular weight is 301 g/mol. The Labute approximate surface area is 113 Å². The van der Waals surface area contributed by atoms with E-state index in [0.717, 1.165) is 11.3 Å². The molecule has 0 unspecified atom stereocenters. The average Bonchev–Trinajstić information content (AvgIpc) is 2.99. The highest BCUT2D eigenvalue weighted by molar-refractivity contribution is 7.93. The summed E-state index contributed by atoms with van der Waals surface area (Å²) in [6.45, 7) is 1.76. The number of hydrogen-bond acceptors (Lipinski definition) is 7. The van der Waals surface area contributed by atoms with Crippen molar-refractivity contribution in [3.63, 3.8) is 0 Å². The Morgan fingerprint density at radius 2 is 2.26 bits per heavy atom. The van der Waals surface area contributed by atoms with E-state index in [2.05, 4.69) is 15.5 Å². The van der Waals surface area contributed by atoms with Gasteiger partial charge in [-0.15, -0.1) is 10.2 Å². The van der Waals surface area contributed by atoms with Crippen LogP contribution in [0.1, 0.15) is 23.9 Å². The van der Waals surface area contributed by atoms with Gasteiger partial charge in [0, 0.05) is 0 Å². The smallest absolute Gasteiger partial charge is 0.293 e. The molecule has 2 heterocycles. The summed E-state index contributed by atoms with van der Waals surface area (Å²) >= 11 is 0.822. The summed E-state index contributed by atoms with van der Waals surface area (Å²) < 4.78 is 28.3. The molecule has 0 spiro atoms. The molecule has 1 N–H and O–H groups in total. The molecule has 0 fully saturated rings. The largest absolute Gasteiger partial charge is 0.459 e. The molecule has 0 aliphatic heterocycles. The minimum Gasteiger partial charge on any atom is -0.459 e. The molecule has 1 amide bonds. The van der Waals surface area contributed by atoms with Crippen molar-refractivity contribution in [2.24, 2.45) is 0 Å². The molecular weight excluding hydrogens is 290 g/mol. The lowest BCUT2D eigenvalue weighted by molar-refractivity contribution is 0.0996. The van der Waals surface area contributed by atoms with Crippen molar-refractivity contribution in [1.82, 2.24) is 10.2 Å². The maximum absolute atomic E-state index is 11.7. The van der Waals surface area contributed by atoms with E-state index in [-0.39, 0.29) is 21.0 Å². The van der Waals surface area contributed by atoms with Crippen LogP contribution in [0.4, 0.5) is 5.13 Å². The summed E-state index contributed by atoms with van der Waals surface area (Å²) in [5.41, 5.74) is 0. The van der Waals surface area contributed by atoms with Crippen molar-refractivity contribution < 1.29 is 17.6 Å². The molecule has 0 saturated heterocycles. The first-order valence-electron chi connectivity index (χ1n) is 5.44. The van der Waals surface area contributed by atoms with Crippen LogP contribution < -0.4 is 5.32 Å². The van der Waals surface area contributed by atoms with Crippen molar-refractivity contribution in [3.05, 3.63) is 24.2 Å². The van der Waals surface area contributed by atoms with E-state index in [9.17, 15) is 13.2 Å². The minimum absolute atomic E-state index is 0.00770. The first-order valence-corrected chi connectivity index (χ1v) is 7.91. The number of nitrogens with one attached hydrogen (secondary N) is 1. The molecule has 2 aromatic heterocycles. The van der Waals surface area contributed by atoms with Crippen LogP contribution in [0.25, 0.3) is 0 Å². The van der Waals surface area contributed by atoms with Gasteiger partial charge in [0.25, 0.3) is 5.91 Å². The molecule has 0 aliphatic carbocycles. The Hall–Kier alpha value is -1.74. The Bertz CT molecular complexity index is 661. The zero-order valence-corrected chi connectivity index (χ0v) is 11.6. The van der Waals surface area contributed by atoms with Gasteiger partial charge in [0.2, 0.25) is 19.3 Å². The second kappa shape index (κ2) is 5.49. The second-order valence-corrected chi connectivity index (χ2v) is 6.88.